The minimum Gasteiger partial charge on any atom is -0.394 e. The third-order valence-corrected chi connectivity index (χ3v) is 3.96. The normalized spacial score (nSPS) is 19.9. The van der Waals surface area contributed by atoms with Crippen molar-refractivity contribution in [1.82, 2.24) is 4.90 Å². The van der Waals surface area contributed by atoms with E-state index >= 15 is 0 Å². The van der Waals surface area contributed by atoms with Crippen LogP contribution in [0.2, 0.25) is 0 Å². The van der Waals surface area contributed by atoms with Crippen molar-refractivity contribution in [2.75, 3.05) is 13.2 Å². The number of aliphatic hydroxyl groups is 1. The summed E-state index contributed by atoms with van der Waals surface area (Å²) in [7, 11) is 0. The van der Waals surface area contributed by atoms with Gasteiger partial charge in [0.2, 0.25) is 5.91 Å². The molecule has 1 unspecified atom stereocenters. The number of piperidine rings is 1. The lowest BCUT2D eigenvalue weighted by atomic mass is 10.0. The van der Waals surface area contributed by atoms with Crippen LogP contribution in [0.4, 0.5) is 0 Å². The zero-order chi connectivity index (χ0) is 13.0. The summed E-state index contributed by atoms with van der Waals surface area (Å²) in [5, 5.41) is 9.31. The molecule has 1 aromatic rings. The average Bonchev–Trinajstić information content (AvgIpc) is 2.41. The molecule has 0 saturated carbocycles. The maximum Gasteiger partial charge on any atom is 0.227 e. The zero-order valence-corrected chi connectivity index (χ0v) is 11.9. The van der Waals surface area contributed by atoms with Gasteiger partial charge in [-0.15, -0.1) is 0 Å². The highest BCUT2D eigenvalue weighted by molar-refractivity contribution is 9.10. The number of halogens is 1. The van der Waals surface area contributed by atoms with E-state index in [1.165, 1.54) is 0 Å². The molecular weight excluding hydrogens is 294 g/mol. The topological polar surface area (TPSA) is 40.5 Å². The number of rotatable bonds is 3. The number of carbonyl (C=O) groups is 1. The molecule has 2 rings (SSSR count). The fraction of sp³-hybridized carbons (Fsp3) is 0.500. The van der Waals surface area contributed by atoms with Crippen molar-refractivity contribution < 1.29 is 9.90 Å². The van der Waals surface area contributed by atoms with Gasteiger partial charge in [0.05, 0.1) is 19.1 Å². The Morgan fingerprint density at radius 1 is 1.33 bits per heavy atom. The highest BCUT2D eigenvalue weighted by Gasteiger charge is 2.25. The highest BCUT2D eigenvalue weighted by atomic mass is 79.9. The summed E-state index contributed by atoms with van der Waals surface area (Å²) in [6.45, 7) is 0.854. The number of aliphatic hydroxyl groups excluding tert-OH is 1. The standard InChI is InChI=1S/C14H18BrNO2/c15-12-6-4-11(5-7-12)9-14(18)16-8-2-1-3-13(16)10-17/h4-7,13,17H,1-3,8-10H2. The number of amides is 1. The van der Waals surface area contributed by atoms with E-state index in [0.29, 0.717) is 6.42 Å². The molecular formula is C14H18BrNO2. The van der Waals surface area contributed by atoms with E-state index in [1.807, 2.05) is 29.2 Å². The van der Waals surface area contributed by atoms with Crippen LogP contribution in [0.25, 0.3) is 0 Å². The minimum absolute atomic E-state index is 0.0155. The minimum atomic E-state index is 0.0155. The lowest BCUT2D eigenvalue weighted by molar-refractivity contribution is -0.135. The summed E-state index contributed by atoms with van der Waals surface area (Å²) in [5.41, 5.74) is 1.02. The largest absolute Gasteiger partial charge is 0.394 e. The third kappa shape index (κ3) is 3.33. The second kappa shape index (κ2) is 6.34. The molecule has 0 aromatic heterocycles. The van der Waals surface area contributed by atoms with Gasteiger partial charge in [-0.2, -0.15) is 0 Å². The fourth-order valence-electron chi connectivity index (χ4n) is 2.40. The Kier molecular flexibility index (Phi) is 4.78. The van der Waals surface area contributed by atoms with Crippen LogP contribution in [0, 0.1) is 0 Å². The van der Waals surface area contributed by atoms with Gasteiger partial charge in [0, 0.05) is 11.0 Å². The molecule has 1 atom stereocenters. The first-order chi connectivity index (χ1) is 8.70. The van der Waals surface area contributed by atoms with Gasteiger partial charge in [-0.1, -0.05) is 28.1 Å². The first-order valence-electron chi connectivity index (χ1n) is 6.35. The Morgan fingerprint density at radius 3 is 2.72 bits per heavy atom. The Morgan fingerprint density at radius 2 is 2.06 bits per heavy atom. The van der Waals surface area contributed by atoms with Crippen LogP contribution in [0.15, 0.2) is 28.7 Å². The van der Waals surface area contributed by atoms with Gasteiger partial charge in [0.15, 0.2) is 0 Å². The molecule has 1 aliphatic rings. The molecule has 18 heavy (non-hydrogen) atoms. The number of likely N-dealkylation sites (tertiary alicyclic amines) is 1. The van der Waals surface area contributed by atoms with Gasteiger partial charge in [-0.05, 0) is 37.0 Å². The molecule has 1 heterocycles. The van der Waals surface area contributed by atoms with Crippen LogP contribution in [-0.2, 0) is 11.2 Å². The molecule has 0 aliphatic carbocycles. The molecule has 0 spiro atoms. The van der Waals surface area contributed by atoms with Gasteiger partial charge >= 0.3 is 0 Å². The quantitative estimate of drug-likeness (QED) is 0.931. The average molecular weight is 312 g/mol. The van der Waals surface area contributed by atoms with Crippen molar-refractivity contribution in [3.8, 4) is 0 Å². The molecule has 1 saturated heterocycles. The Balaban J connectivity index is 2.00. The summed E-state index contributed by atoms with van der Waals surface area (Å²) in [5.74, 6) is 0.121. The lowest BCUT2D eigenvalue weighted by Gasteiger charge is -2.34. The molecule has 4 heteroatoms. The van der Waals surface area contributed by atoms with E-state index in [0.717, 1.165) is 35.8 Å². The molecule has 3 nitrogen and oxygen atoms in total. The third-order valence-electron chi connectivity index (χ3n) is 3.43. The van der Waals surface area contributed by atoms with E-state index < -0.39 is 0 Å². The number of carbonyl (C=O) groups excluding carboxylic acids is 1. The van der Waals surface area contributed by atoms with Crippen LogP contribution < -0.4 is 0 Å². The SMILES string of the molecule is O=C(Cc1ccc(Br)cc1)N1CCCCC1CO. The van der Waals surface area contributed by atoms with Crippen molar-refractivity contribution in [3.63, 3.8) is 0 Å². The summed E-state index contributed by atoms with van der Waals surface area (Å²) < 4.78 is 1.02. The smallest absolute Gasteiger partial charge is 0.227 e. The molecule has 1 N–H and O–H groups in total. The molecule has 1 amide bonds. The summed E-state index contributed by atoms with van der Waals surface area (Å²) in [6, 6.07) is 7.83. The monoisotopic (exact) mass is 311 g/mol. The van der Waals surface area contributed by atoms with Crippen molar-refractivity contribution in [2.45, 2.75) is 31.7 Å². The van der Waals surface area contributed by atoms with E-state index in [-0.39, 0.29) is 18.6 Å². The molecule has 1 fully saturated rings. The molecule has 1 aliphatic heterocycles. The first kappa shape index (κ1) is 13.6. The Bertz CT molecular complexity index is 405. The second-order valence-electron chi connectivity index (χ2n) is 4.72. The molecule has 0 bridgehead atoms. The van der Waals surface area contributed by atoms with Crippen molar-refractivity contribution in [2.24, 2.45) is 0 Å². The van der Waals surface area contributed by atoms with Gasteiger partial charge in [0.25, 0.3) is 0 Å². The van der Waals surface area contributed by atoms with Gasteiger partial charge in [-0.25, -0.2) is 0 Å². The molecule has 1 aromatic carbocycles. The van der Waals surface area contributed by atoms with Crippen LogP contribution >= 0.6 is 15.9 Å². The number of hydrogen-bond donors (Lipinski definition) is 1. The van der Waals surface area contributed by atoms with E-state index in [4.69, 9.17) is 0 Å². The molecule has 98 valence electrons. The maximum absolute atomic E-state index is 12.2. The van der Waals surface area contributed by atoms with Gasteiger partial charge in [-0.3, -0.25) is 4.79 Å². The Hall–Kier alpha value is -0.870. The fourth-order valence-corrected chi connectivity index (χ4v) is 2.66. The predicted octanol–water partition coefficient (Wildman–Crippen LogP) is 2.37. The number of benzene rings is 1. The number of nitrogens with zero attached hydrogens (tertiary/aromatic N) is 1. The Labute approximate surface area is 116 Å². The summed E-state index contributed by atoms with van der Waals surface area (Å²) in [6.07, 6.45) is 3.49. The van der Waals surface area contributed by atoms with Gasteiger partial charge in [0.1, 0.15) is 0 Å². The lowest BCUT2D eigenvalue weighted by Crippen LogP contribution is -2.46. The summed E-state index contributed by atoms with van der Waals surface area (Å²) in [4.78, 5) is 14.1. The second-order valence-corrected chi connectivity index (χ2v) is 5.64. The zero-order valence-electron chi connectivity index (χ0n) is 10.3. The van der Waals surface area contributed by atoms with Crippen molar-refractivity contribution in [1.29, 1.82) is 0 Å². The van der Waals surface area contributed by atoms with Crippen molar-refractivity contribution >= 4 is 21.8 Å². The van der Waals surface area contributed by atoms with Gasteiger partial charge < -0.3 is 10.0 Å². The maximum atomic E-state index is 12.2. The van der Waals surface area contributed by atoms with Crippen molar-refractivity contribution in [3.05, 3.63) is 34.3 Å². The number of hydrogen-bond acceptors (Lipinski definition) is 2. The van der Waals surface area contributed by atoms with Crippen LogP contribution in [0.3, 0.4) is 0 Å². The predicted molar refractivity (Wildman–Crippen MR) is 74.3 cm³/mol. The van der Waals surface area contributed by atoms with Crippen LogP contribution in [0.1, 0.15) is 24.8 Å². The highest BCUT2D eigenvalue weighted by Crippen LogP contribution is 2.18. The van der Waals surface area contributed by atoms with E-state index in [2.05, 4.69) is 15.9 Å². The van der Waals surface area contributed by atoms with Crippen LogP contribution in [-0.4, -0.2) is 35.1 Å². The summed E-state index contributed by atoms with van der Waals surface area (Å²) >= 11 is 3.38. The van der Waals surface area contributed by atoms with E-state index in [9.17, 15) is 9.90 Å². The van der Waals surface area contributed by atoms with Crippen LogP contribution in [0.5, 0.6) is 0 Å². The molecule has 0 radical (unpaired) electrons. The first-order valence-corrected chi connectivity index (χ1v) is 7.15. The van der Waals surface area contributed by atoms with E-state index in [1.54, 1.807) is 0 Å².